The molecule has 0 aliphatic heterocycles. The Bertz CT molecular complexity index is 319. The van der Waals surface area contributed by atoms with E-state index in [0.717, 1.165) is 30.6 Å². The number of methoxy groups -OCH3 is 1. The molecule has 17 heavy (non-hydrogen) atoms. The average molecular weight is 277 g/mol. The molecular weight excluding hydrogens is 256 g/mol. The first kappa shape index (κ1) is 14.9. The van der Waals surface area contributed by atoms with Crippen LogP contribution in [-0.2, 0) is 11.3 Å². The van der Waals surface area contributed by atoms with Gasteiger partial charge in [-0.25, -0.2) is 0 Å². The molecule has 0 spiro atoms. The number of hydrogen-bond donors (Lipinski definition) is 1. The molecule has 1 atom stereocenters. The summed E-state index contributed by atoms with van der Waals surface area (Å²) in [5.74, 6) is 0. The summed E-state index contributed by atoms with van der Waals surface area (Å²) in [6, 6.07) is 4.42. The summed E-state index contributed by atoms with van der Waals surface area (Å²) < 4.78 is 6.11. The topological polar surface area (TPSA) is 24.5 Å². The maximum absolute atomic E-state index is 5.93. The van der Waals surface area contributed by atoms with Gasteiger partial charge >= 0.3 is 0 Å². The van der Waals surface area contributed by atoms with E-state index < -0.39 is 0 Å². The van der Waals surface area contributed by atoms with Gasteiger partial charge in [-0.1, -0.05) is 18.5 Å². The fourth-order valence-electron chi connectivity index (χ4n) is 1.66. The largest absolute Gasteiger partial charge is 0.383 e. The Kier molecular flexibility index (Phi) is 7.08. The Hall–Kier alpha value is -0.130. The molecule has 1 rings (SSSR count). The number of hydrogen-bond acceptors (Lipinski definition) is 4. The monoisotopic (exact) mass is 276 g/mol. The van der Waals surface area contributed by atoms with Crippen LogP contribution in [0.25, 0.3) is 0 Å². The molecule has 98 valence electrons. The molecule has 1 aromatic rings. The third-order valence-corrected chi connectivity index (χ3v) is 3.86. The number of halogens is 1. The van der Waals surface area contributed by atoms with Gasteiger partial charge in [0.1, 0.15) is 0 Å². The van der Waals surface area contributed by atoms with Crippen molar-refractivity contribution in [3.05, 3.63) is 21.3 Å². The lowest BCUT2D eigenvalue weighted by atomic mass is 10.2. The molecule has 5 heteroatoms. The van der Waals surface area contributed by atoms with Crippen LogP contribution in [0.1, 0.15) is 11.8 Å². The number of rotatable bonds is 8. The van der Waals surface area contributed by atoms with Crippen molar-refractivity contribution in [2.45, 2.75) is 19.5 Å². The lowest BCUT2D eigenvalue weighted by Gasteiger charge is -2.27. The highest BCUT2D eigenvalue weighted by Gasteiger charge is 2.15. The molecule has 0 aliphatic carbocycles. The maximum Gasteiger partial charge on any atom is 0.0931 e. The van der Waals surface area contributed by atoms with Gasteiger partial charge in [0, 0.05) is 31.1 Å². The van der Waals surface area contributed by atoms with E-state index in [-0.39, 0.29) is 0 Å². The second-order valence-electron chi connectivity index (χ2n) is 4.04. The van der Waals surface area contributed by atoms with Gasteiger partial charge < -0.3 is 10.1 Å². The molecule has 1 heterocycles. The van der Waals surface area contributed by atoms with Gasteiger partial charge in [-0.05, 0) is 25.7 Å². The second-order valence-corrected chi connectivity index (χ2v) is 5.84. The van der Waals surface area contributed by atoms with E-state index in [1.54, 1.807) is 18.4 Å². The van der Waals surface area contributed by atoms with E-state index in [9.17, 15) is 0 Å². The molecular formula is C12H21ClN2OS. The predicted molar refractivity (Wildman–Crippen MR) is 75.0 cm³/mol. The molecule has 0 radical (unpaired) electrons. The first-order valence-corrected chi connectivity index (χ1v) is 7.01. The average Bonchev–Trinajstić information content (AvgIpc) is 2.70. The highest BCUT2D eigenvalue weighted by atomic mass is 35.5. The van der Waals surface area contributed by atoms with Crippen LogP contribution < -0.4 is 5.32 Å². The van der Waals surface area contributed by atoms with Crippen LogP contribution in [0, 0.1) is 0 Å². The minimum atomic E-state index is 0.390. The van der Waals surface area contributed by atoms with Crippen LogP contribution >= 0.6 is 22.9 Å². The summed E-state index contributed by atoms with van der Waals surface area (Å²) in [7, 11) is 3.86. The van der Waals surface area contributed by atoms with Gasteiger partial charge in [-0.2, -0.15) is 0 Å². The summed E-state index contributed by atoms with van der Waals surface area (Å²) in [4.78, 5) is 3.59. The molecule has 0 bridgehead atoms. The van der Waals surface area contributed by atoms with Gasteiger partial charge in [-0.15, -0.1) is 11.3 Å². The molecule has 1 aromatic heterocycles. The van der Waals surface area contributed by atoms with Gasteiger partial charge in [-0.3, -0.25) is 4.90 Å². The van der Waals surface area contributed by atoms with E-state index in [1.807, 2.05) is 6.07 Å². The number of nitrogens with zero attached hydrogens (tertiary/aromatic N) is 1. The summed E-state index contributed by atoms with van der Waals surface area (Å²) in [5.41, 5.74) is 0. The smallest absolute Gasteiger partial charge is 0.0931 e. The van der Waals surface area contributed by atoms with Crippen LogP contribution in [0.3, 0.4) is 0 Å². The molecule has 0 fully saturated rings. The Morgan fingerprint density at radius 3 is 2.82 bits per heavy atom. The van der Waals surface area contributed by atoms with Crippen LogP contribution in [0.5, 0.6) is 0 Å². The van der Waals surface area contributed by atoms with Crippen molar-refractivity contribution >= 4 is 22.9 Å². The van der Waals surface area contributed by atoms with E-state index in [1.165, 1.54) is 4.88 Å². The third-order valence-electron chi connectivity index (χ3n) is 2.65. The first-order valence-electron chi connectivity index (χ1n) is 5.81. The fraction of sp³-hybridized carbons (Fsp3) is 0.667. The maximum atomic E-state index is 5.93. The minimum absolute atomic E-state index is 0.390. The Morgan fingerprint density at radius 1 is 1.53 bits per heavy atom. The number of ether oxygens (including phenoxy) is 1. The molecule has 0 aromatic carbocycles. The molecule has 1 unspecified atom stereocenters. The van der Waals surface area contributed by atoms with E-state index >= 15 is 0 Å². The lowest BCUT2D eigenvalue weighted by molar-refractivity contribution is 0.102. The van der Waals surface area contributed by atoms with Crippen molar-refractivity contribution in [1.29, 1.82) is 0 Å². The Balaban J connectivity index is 2.48. The van der Waals surface area contributed by atoms with Crippen molar-refractivity contribution in [3.8, 4) is 0 Å². The highest BCUT2D eigenvalue weighted by molar-refractivity contribution is 7.16. The van der Waals surface area contributed by atoms with Crippen LogP contribution in [0.2, 0.25) is 4.34 Å². The normalized spacial score (nSPS) is 13.2. The molecule has 0 saturated heterocycles. The van der Waals surface area contributed by atoms with Gasteiger partial charge in [0.15, 0.2) is 0 Å². The fourth-order valence-corrected chi connectivity index (χ4v) is 2.81. The molecule has 3 nitrogen and oxygen atoms in total. The van der Waals surface area contributed by atoms with Crippen molar-refractivity contribution < 1.29 is 4.74 Å². The number of nitrogens with one attached hydrogen (secondary N) is 1. The standard InChI is InChI=1S/C12H21ClN2OS/c1-4-14-7-10(9-16-3)15(2)8-11-5-6-12(13)17-11/h5-6,10,14H,4,7-9H2,1-3H3. The van der Waals surface area contributed by atoms with E-state index in [4.69, 9.17) is 16.3 Å². The summed E-state index contributed by atoms with van der Waals surface area (Å²) in [6.45, 7) is 5.70. The quantitative estimate of drug-likeness (QED) is 0.789. The zero-order valence-electron chi connectivity index (χ0n) is 10.7. The summed E-state index contributed by atoms with van der Waals surface area (Å²) in [6.07, 6.45) is 0. The number of thiophene rings is 1. The zero-order chi connectivity index (χ0) is 12.7. The highest BCUT2D eigenvalue weighted by Crippen LogP contribution is 2.22. The Labute approximate surface area is 113 Å². The summed E-state index contributed by atoms with van der Waals surface area (Å²) in [5, 5.41) is 3.36. The van der Waals surface area contributed by atoms with Crippen molar-refractivity contribution in [3.63, 3.8) is 0 Å². The number of likely N-dealkylation sites (N-methyl/N-ethyl adjacent to an activating group) is 2. The van der Waals surface area contributed by atoms with Gasteiger partial charge in [0.25, 0.3) is 0 Å². The SMILES string of the molecule is CCNCC(COC)N(C)Cc1ccc(Cl)s1. The second kappa shape index (κ2) is 8.06. The minimum Gasteiger partial charge on any atom is -0.383 e. The predicted octanol–water partition coefficient (Wildman–Crippen LogP) is 2.46. The van der Waals surface area contributed by atoms with Crippen molar-refractivity contribution in [2.24, 2.45) is 0 Å². The van der Waals surface area contributed by atoms with Crippen LogP contribution in [0.15, 0.2) is 12.1 Å². The molecule has 1 N–H and O–H groups in total. The van der Waals surface area contributed by atoms with E-state index in [2.05, 4.69) is 30.3 Å². The van der Waals surface area contributed by atoms with Crippen molar-refractivity contribution in [2.75, 3.05) is 33.9 Å². The zero-order valence-corrected chi connectivity index (χ0v) is 12.3. The van der Waals surface area contributed by atoms with E-state index in [0.29, 0.717) is 6.04 Å². The summed E-state index contributed by atoms with van der Waals surface area (Å²) >= 11 is 7.57. The first-order chi connectivity index (χ1) is 8.17. The molecule has 0 aliphatic rings. The lowest BCUT2D eigenvalue weighted by Crippen LogP contribution is -2.42. The molecule has 0 saturated carbocycles. The molecule has 0 amide bonds. The van der Waals surface area contributed by atoms with Crippen molar-refractivity contribution in [1.82, 2.24) is 10.2 Å². The van der Waals surface area contributed by atoms with Gasteiger partial charge in [0.05, 0.1) is 10.9 Å². The van der Waals surface area contributed by atoms with Crippen LogP contribution in [-0.4, -0.2) is 44.8 Å². The Morgan fingerprint density at radius 2 is 2.29 bits per heavy atom. The van der Waals surface area contributed by atoms with Crippen LogP contribution in [0.4, 0.5) is 0 Å². The van der Waals surface area contributed by atoms with Gasteiger partial charge in [0.2, 0.25) is 0 Å². The third kappa shape index (κ3) is 5.36.